The molecule has 0 aromatic heterocycles. The Labute approximate surface area is 257 Å². The number of aliphatic carboxylic acids is 1. The highest BCUT2D eigenvalue weighted by Gasteiger charge is 2.10. The van der Waals surface area contributed by atoms with Crippen LogP contribution in [-0.2, 0) is 14.3 Å². The molecule has 0 fully saturated rings. The van der Waals surface area contributed by atoms with Crippen molar-refractivity contribution in [3.8, 4) is 17.2 Å². The second kappa shape index (κ2) is 19.9. The number of ether oxygens (including phenoxy) is 1. The second-order valence-electron chi connectivity index (χ2n) is 8.62. The summed E-state index contributed by atoms with van der Waals surface area (Å²) in [5, 5.41) is 34.9. The van der Waals surface area contributed by atoms with Crippen LogP contribution < -0.4 is 0 Å². The lowest BCUT2D eigenvalue weighted by molar-refractivity contribution is -0.137. The maximum atomic E-state index is 11.5. The number of hydrogen-bond acceptors (Lipinski definition) is 9. The van der Waals surface area contributed by atoms with Gasteiger partial charge in [-0.2, -0.15) is 0 Å². The van der Waals surface area contributed by atoms with Gasteiger partial charge in [0.15, 0.2) is 24.0 Å². The number of esters is 1. The van der Waals surface area contributed by atoms with Gasteiger partial charge in [0, 0.05) is 27.8 Å². The number of benzene rings is 3. The standard InChI is InChI=1S/C12H12O4.C8H7BrO2.C8H8O2.C4H6O2/c1-8(2)12(15)16-7-11(14)9-3-5-10(13)6-4-9;9-5-8(11)6-1-3-7(10)4-2-6;1-6(9)7-2-4-8(10)5-3-7;1-3(2)4(5)6/h3-6,13H,1,7H2,2H3;1-4,10H,5H2;2-5,10H,1H3;1H2,2H3,(H,5,6). The van der Waals surface area contributed by atoms with E-state index >= 15 is 0 Å². The van der Waals surface area contributed by atoms with E-state index in [0.29, 0.717) is 22.0 Å². The molecule has 3 rings (SSSR count). The Morgan fingerprint density at radius 3 is 1.23 bits per heavy atom. The van der Waals surface area contributed by atoms with E-state index in [9.17, 15) is 24.0 Å². The average molecular weight is 658 g/mol. The van der Waals surface area contributed by atoms with Gasteiger partial charge in [-0.1, -0.05) is 29.1 Å². The normalized spacial score (nSPS) is 9.21. The first-order valence-corrected chi connectivity index (χ1v) is 13.4. The first kappa shape index (κ1) is 38.0. The Morgan fingerprint density at radius 2 is 0.953 bits per heavy atom. The summed E-state index contributed by atoms with van der Waals surface area (Å²) in [4.78, 5) is 53.8. The SMILES string of the molecule is C=C(C)C(=O)O.C=C(C)C(=O)OCC(=O)c1ccc(O)cc1.CC(=O)c1ccc(O)cc1.O=C(CBr)c1ccc(O)cc1. The topological polar surface area (TPSA) is 175 Å². The van der Waals surface area contributed by atoms with E-state index in [-0.39, 0.29) is 52.4 Å². The predicted molar refractivity (Wildman–Crippen MR) is 165 cm³/mol. The zero-order chi connectivity index (χ0) is 33.1. The number of ketones is 3. The molecule has 3 aromatic rings. The maximum Gasteiger partial charge on any atom is 0.333 e. The molecule has 0 saturated carbocycles. The highest BCUT2D eigenvalue weighted by molar-refractivity contribution is 9.09. The summed E-state index contributed by atoms with van der Waals surface area (Å²) < 4.78 is 4.70. The monoisotopic (exact) mass is 656 g/mol. The Balaban J connectivity index is 0.000000577. The summed E-state index contributed by atoms with van der Waals surface area (Å²) in [6.07, 6.45) is 0. The first-order chi connectivity index (χ1) is 20.1. The molecule has 4 N–H and O–H groups in total. The number of halogens is 1. The van der Waals surface area contributed by atoms with Gasteiger partial charge in [-0.3, -0.25) is 14.4 Å². The van der Waals surface area contributed by atoms with E-state index in [0.717, 1.165) is 0 Å². The molecule has 43 heavy (non-hydrogen) atoms. The largest absolute Gasteiger partial charge is 0.508 e. The Bertz CT molecular complexity index is 1400. The van der Waals surface area contributed by atoms with E-state index in [1.165, 1.54) is 69.3 Å². The Morgan fingerprint density at radius 1 is 0.628 bits per heavy atom. The lowest BCUT2D eigenvalue weighted by Crippen LogP contribution is -2.14. The van der Waals surface area contributed by atoms with Crippen molar-refractivity contribution in [2.75, 3.05) is 11.9 Å². The third kappa shape index (κ3) is 16.7. The highest BCUT2D eigenvalue weighted by atomic mass is 79.9. The van der Waals surface area contributed by atoms with Crippen LogP contribution in [0.15, 0.2) is 97.1 Å². The highest BCUT2D eigenvalue weighted by Crippen LogP contribution is 2.12. The van der Waals surface area contributed by atoms with Gasteiger partial charge in [-0.25, -0.2) is 9.59 Å². The maximum absolute atomic E-state index is 11.5. The van der Waals surface area contributed by atoms with Gasteiger partial charge in [0.1, 0.15) is 17.2 Å². The molecular formula is C32H33BrO10. The van der Waals surface area contributed by atoms with E-state index in [4.69, 9.17) is 25.2 Å². The Kier molecular flexibility index (Phi) is 17.6. The molecule has 0 heterocycles. The molecule has 0 unspecified atom stereocenters. The van der Waals surface area contributed by atoms with Gasteiger partial charge >= 0.3 is 11.9 Å². The fraction of sp³-hybridized carbons (Fsp3) is 0.156. The van der Waals surface area contributed by atoms with Crippen molar-refractivity contribution >= 4 is 45.2 Å². The van der Waals surface area contributed by atoms with Gasteiger partial charge < -0.3 is 25.2 Å². The molecule has 228 valence electrons. The molecule has 0 bridgehead atoms. The second-order valence-corrected chi connectivity index (χ2v) is 9.18. The summed E-state index contributed by atoms with van der Waals surface area (Å²) in [7, 11) is 0. The third-order valence-corrected chi connectivity index (χ3v) is 5.33. The number of carbonyl (C=O) groups excluding carboxylic acids is 4. The van der Waals surface area contributed by atoms with Crippen LogP contribution in [-0.4, -0.2) is 61.7 Å². The molecular weight excluding hydrogens is 624 g/mol. The van der Waals surface area contributed by atoms with Crippen molar-refractivity contribution in [2.24, 2.45) is 0 Å². The number of hydrogen-bond donors (Lipinski definition) is 4. The van der Waals surface area contributed by atoms with Crippen LogP contribution in [0, 0.1) is 0 Å². The first-order valence-electron chi connectivity index (χ1n) is 12.3. The van der Waals surface area contributed by atoms with Gasteiger partial charge in [0.2, 0.25) is 0 Å². The molecule has 3 aromatic carbocycles. The van der Waals surface area contributed by atoms with Crippen molar-refractivity contribution in [1.82, 2.24) is 0 Å². The minimum atomic E-state index is -0.935. The lowest BCUT2D eigenvalue weighted by Gasteiger charge is -2.03. The summed E-state index contributed by atoms with van der Waals surface area (Å²) in [5.41, 5.74) is 2.04. The lowest BCUT2D eigenvalue weighted by atomic mass is 10.1. The average Bonchev–Trinajstić information content (AvgIpc) is 2.97. The van der Waals surface area contributed by atoms with Crippen molar-refractivity contribution in [3.63, 3.8) is 0 Å². The smallest absolute Gasteiger partial charge is 0.333 e. The van der Waals surface area contributed by atoms with Crippen LogP contribution in [0.5, 0.6) is 17.2 Å². The minimum Gasteiger partial charge on any atom is -0.508 e. The molecule has 0 radical (unpaired) electrons. The molecule has 0 aliphatic rings. The van der Waals surface area contributed by atoms with Crippen LogP contribution in [0.1, 0.15) is 51.8 Å². The van der Waals surface area contributed by atoms with Crippen LogP contribution in [0.2, 0.25) is 0 Å². The van der Waals surface area contributed by atoms with Gasteiger partial charge in [0.25, 0.3) is 0 Å². The number of carbonyl (C=O) groups is 5. The van der Waals surface area contributed by atoms with Crippen molar-refractivity contribution in [2.45, 2.75) is 20.8 Å². The van der Waals surface area contributed by atoms with Crippen LogP contribution >= 0.6 is 15.9 Å². The zero-order valence-electron chi connectivity index (χ0n) is 23.9. The number of alkyl halides is 1. The van der Waals surface area contributed by atoms with Crippen molar-refractivity contribution in [3.05, 3.63) is 114 Å². The molecule has 0 spiro atoms. The van der Waals surface area contributed by atoms with Crippen molar-refractivity contribution < 1.29 is 49.1 Å². The number of phenolic OH excluding ortho intramolecular Hbond substituents is 3. The number of carboxylic acid groups (broad SMARTS) is 1. The molecule has 10 nitrogen and oxygen atoms in total. The summed E-state index contributed by atoms with van der Waals surface area (Å²) in [6, 6.07) is 18.1. The number of phenols is 3. The minimum absolute atomic E-state index is 0.0139. The fourth-order valence-electron chi connectivity index (χ4n) is 2.41. The number of Topliss-reactive ketones (excluding diaryl/α,β-unsaturated/α-hetero) is 3. The van der Waals surface area contributed by atoms with Gasteiger partial charge in [-0.05, 0) is 93.6 Å². The number of aromatic hydroxyl groups is 3. The molecule has 11 heteroatoms. The fourth-order valence-corrected chi connectivity index (χ4v) is 2.73. The van der Waals surface area contributed by atoms with Gasteiger partial charge in [0.05, 0.1) is 5.33 Å². The van der Waals surface area contributed by atoms with Crippen LogP contribution in [0.4, 0.5) is 0 Å². The van der Waals surface area contributed by atoms with Crippen LogP contribution in [0.25, 0.3) is 0 Å². The summed E-state index contributed by atoms with van der Waals surface area (Å²) in [6.45, 7) is 10.7. The molecule has 0 saturated heterocycles. The van der Waals surface area contributed by atoms with Crippen LogP contribution in [0.3, 0.4) is 0 Å². The van der Waals surface area contributed by atoms with Crippen molar-refractivity contribution in [1.29, 1.82) is 0 Å². The third-order valence-electron chi connectivity index (χ3n) is 4.82. The van der Waals surface area contributed by atoms with E-state index in [1.54, 1.807) is 24.3 Å². The molecule has 0 aliphatic carbocycles. The molecule has 0 aliphatic heterocycles. The van der Waals surface area contributed by atoms with E-state index in [1.807, 2.05) is 0 Å². The van der Waals surface area contributed by atoms with E-state index < -0.39 is 11.9 Å². The Hall–Kier alpha value is -5.03. The number of carboxylic acids is 1. The zero-order valence-corrected chi connectivity index (χ0v) is 25.5. The molecule has 0 atom stereocenters. The summed E-state index contributed by atoms with van der Waals surface area (Å²) in [5.74, 6) is -1.38. The number of rotatable bonds is 8. The van der Waals surface area contributed by atoms with E-state index in [2.05, 4.69) is 29.1 Å². The molecule has 0 amide bonds. The quantitative estimate of drug-likeness (QED) is 0.0987. The van der Waals surface area contributed by atoms with Gasteiger partial charge in [-0.15, -0.1) is 0 Å². The summed E-state index contributed by atoms with van der Waals surface area (Å²) >= 11 is 3.06. The predicted octanol–water partition coefficient (Wildman–Crippen LogP) is 5.91.